The zero-order chi connectivity index (χ0) is 13.8. The molecular formula is C12H14ClF4N. The van der Waals surface area contributed by atoms with Crippen molar-refractivity contribution >= 4 is 11.6 Å². The Kier molecular flexibility index (Phi) is 5.41. The van der Waals surface area contributed by atoms with Crippen molar-refractivity contribution in [3.8, 4) is 0 Å². The van der Waals surface area contributed by atoms with Gasteiger partial charge in [0.2, 0.25) is 0 Å². The van der Waals surface area contributed by atoms with E-state index in [2.05, 4.69) is 5.32 Å². The average molecular weight is 284 g/mol. The number of hydrogen-bond acceptors (Lipinski definition) is 1. The first kappa shape index (κ1) is 15.2. The monoisotopic (exact) mass is 283 g/mol. The van der Waals surface area contributed by atoms with Gasteiger partial charge in [-0.05, 0) is 37.6 Å². The van der Waals surface area contributed by atoms with Crippen LogP contribution in [0, 0.1) is 5.82 Å². The average Bonchev–Trinajstić information content (AvgIpc) is 2.22. The smallest absolute Gasteiger partial charge is 0.310 e. The minimum absolute atomic E-state index is 0.00660. The van der Waals surface area contributed by atoms with Crippen molar-refractivity contribution in [1.82, 2.24) is 5.32 Å². The van der Waals surface area contributed by atoms with Gasteiger partial charge in [-0.25, -0.2) is 4.39 Å². The van der Waals surface area contributed by atoms with Gasteiger partial charge in [-0.15, -0.1) is 0 Å². The van der Waals surface area contributed by atoms with Crippen molar-refractivity contribution in [3.05, 3.63) is 34.6 Å². The second kappa shape index (κ2) is 6.38. The summed E-state index contributed by atoms with van der Waals surface area (Å²) >= 11 is 5.85. The van der Waals surface area contributed by atoms with Gasteiger partial charge in [-0.3, -0.25) is 0 Å². The SMILES string of the molecule is CC(NCCCC(F)(F)F)c1ccc(F)cc1Cl. The van der Waals surface area contributed by atoms with Crippen LogP contribution in [-0.2, 0) is 0 Å². The van der Waals surface area contributed by atoms with Crippen LogP contribution in [0.5, 0.6) is 0 Å². The van der Waals surface area contributed by atoms with E-state index in [0.717, 1.165) is 0 Å². The van der Waals surface area contributed by atoms with Crippen molar-refractivity contribution in [1.29, 1.82) is 0 Å². The van der Waals surface area contributed by atoms with Crippen LogP contribution in [0.2, 0.25) is 5.02 Å². The number of halogens is 5. The standard InChI is InChI=1S/C12H14ClF4N/c1-8(18-6-2-5-12(15,16)17)10-4-3-9(14)7-11(10)13/h3-4,7-8,18H,2,5-6H2,1H3. The molecule has 0 aliphatic carbocycles. The zero-order valence-corrected chi connectivity index (χ0v) is 10.6. The van der Waals surface area contributed by atoms with Gasteiger partial charge in [0, 0.05) is 17.5 Å². The predicted octanol–water partition coefficient (Wildman–Crippen LogP) is 4.47. The fourth-order valence-corrected chi connectivity index (χ4v) is 1.90. The Morgan fingerprint density at radius 3 is 2.56 bits per heavy atom. The first-order chi connectivity index (χ1) is 8.29. The van der Waals surface area contributed by atoms with Gasteiger partial charge in [0.25, 0.3) is 0 Å². The molecule has 1 aromatic carbocycles. The summed E-state index contributed by atoms with van der Waals surface area (Å²) in [4.78, 5) is 0. The summed E-state index contributed by atoms with van der Waals surface area (Å²) in [6.07, 6.45) is -4.94. The zero-order valence-electron chi connectivity index (χ0n) is 9.82. The van der Waals surface area contributed by atoms with Crippen LogP contribution in [0.15, 0.2) is 18.2 Å². The van der Waals surface area contributed by atoms with E-state index >= 15 is 0 Å². The van der Waals surface area contributed by atoms with Gasteiger partial charge in [0.1, 0.15) is 5.82 Å². The third-order valence-electron chi connectivity index (χ3n) is 2.52. The second-order valence-corrected chi connectivity index (χ2v) is 4.47. The topological polar surface area (TPSA) is 12.0 Å². The Balaban J connectivity index is 2.43. The lowest BCUT2D eigenvalue weighted by atomic mass is 10.1. The summed E-state index contributed by atoms with van der Waals surface area (Å²) in [5, 5.41) is 3.19. The van der Waals surface area contributed by atoms with E-state index in [1.807, 2.05) is 0 Å². The van der Waals surface area contributed by atoms with Crippen LogP contribution in [0.1, 0.15) is 31.4 Å². The molecule has 0 aliphatic heterocycles. The molecule has 1 unspecified atom stereocenters. The van der Waals surface area contributed by atoms with Crippen LogP contribution < -0.4 is 5.32 Å². The lowest BCUT2D eigenvalue weighted by Gasteiger charge is -2.16. The van der Waals surface area contributed by atoms with Gasteiger partial charge in [0.05, 0.1) is 0 Å². The molecule has 1 aromatic rings. The highest BCUT2D eigenvalue weighted by Gasteiger charge is 2.25. The van der Waals surface area contributed by atoms with Gasteiger partial charge in [-0.2, -0.15) is 13.2 Å². The molecule has 0 bridgehead atoms. The summed E-state index contributed by atoms with van der Waals surface area (Å²) in [5.74, 6) is -0.437. The molecule has 0 aromatic heterocycles. The quantitative estimate of drug-likeness (QED) is 0.621. The van der Waals surface area contributed by atoms with Crippen molar-refractivity contribution in [2.24, 2.45) is 0 Å². The van der Waals surface area contributed by atoms with E-state index in [0.29, 0.717) is 5.56 Å². The molecule has 1 nitrogen and oxygen atoms in total. The lowest BCUT2D eigenvalue weighted by molar-refractivity contribution is -0.135. The molecule has 0 spiro atoms. The van der Waals surface area contributed by atoms with E-state index in [1.54, 1.807) is 6.92 Å². The summed E-state index contributed by atoms with van der Waals surface area (Å²) in [7, 11) is 0. The van der Waals surface area contributed by atoms with Gasteiger partial charge in [0.15, 0.2) is 0 Å². The molecule has 18 heavy (non-hydrogen) atoms. The Morgan fingerprint density at radius 1 is 1.33 bits per heavy atom. The lowest BCUT2D eigenvalue weighted by Crippen LogP contribution is -2.21. The first-order valence-corrected chi connectivity index (χ1v) is 5.92. The molecule has 0 radical (unpaired) electrons. The maximum Gasteiger partial charge on any atom is 0.389 e. The molecule has 6 heteroatoms. The Morgan fingerprint density at radius 2 is 2.00 bits per heavy atom. The fraction of sp³-hybridized carbons (Fsp3) is 0.500. The Hall–Kier alpha value is -0.810. The molecule has 0 aliphatic rings. The highest BCUT2D eigenvalue weighted by atomic mass is 35.5. The van der Waals surface area contributed by atoms with E-state index < -0.39 is 18.4 Å². The maximum atomic E-state index is 12.8. The molecule has 1 atom stereocenters. The van der Waals surface area contributed by atoms with Crippen LogP contribution in [0.4, 0.5) is 17.6 Å². The molecular weight excluding hydrogens is 270 g/mol. The largest absolute Gasteiger partial charge is 0.389 e. The van der Waals surface area contributed by atoms with Crippen LogP contribution in [0.3, 0.4) is 0 Å². The minimum Gasteiger partial charge on any atom is -0.310 e. The van der Waals surface area contributed by atoms with Gasteiger partial charge in [-0.1, -0.05) is 17.7 Å². The highest BCUT2D eigenvalue weighted by Crippen LogP contribution is 2.24. The molecule has 0 fully saturated rings. The van der Waals surface area contributed by atoms with E-state index in [1.165, 1.54) is 18.2 Å². The molecule has 1 N–H and O–H groups in total. The van der Waals surface area contributed by atoms with Crippen molar-refractivity contribution < 1.29 is 17.6 Å². The normalized spacial score (nSPS) is 13.7. The number of nitrogens with one attached hydrogen (secondary N) is 1. The highest BCUT2D eigenvalue weighted by molar-refractivity contribution is 6.31. The molecule has 0 saturated heterocycles. The van der Waals surface area contributed by atoms with E-state index in [4.69, 9.17) is 11.6 Å². The molecule has 1 rings (SSSR count). The summed E-state index contributed by atoms with van der Waals surface area (Å²) in [6.45, 7) is 2.00. The second-order valence-electron chi connectivity index (χ2n) is 4.06. The molecule has 0 saturated carbocycles. The van der Waals surface area contributed by atoms with Crippen LogP contribution in [0.25, 0.3) is 0 Å². The molecule has 0 amide bonds. The maximum absolute atomic E-state index is 12.8. The van der Waals surface area contributed by atoms with E-state index in [9.17, 15) is 17.6 Å². The Labute approximate surface area is 108 Å². The molecule has 0 heterocycles. The predicted molar refractivity (Wildman–Crippen MR) is 63.1 cm³/mol. The number of benzene rings is 1. The van der Waals surface area contributed by atoms with Gasteiger partial charge < -0.3 is 5.32 Å². The number of hydrogen-bond donors (Lipinski definition) is 1. The van der Waals surface area contributed by atoms with Crippen molar-refractivity contribution in [2.45, 2.75) is 32.0 Å². The Bertz CT molecular complexity index is 392. The number of alkyl halides is 3. The van der Waals surface area contributed by atoms with Gasteiger partial charge >= 0.3 is 6.18 Å². The first-order valence-electron chi connectivity index (χ1n) is 5.54. The molecule has 102 valence electrons. The fourth-order valence-electron chi connectivity index (χ4n) is 1.57. The van der Waals surface area contributed by atoms with Crippen LogP contribution >= 0.6 is 11.6 Å². The van der Waals surface area contributed by atoms with Crippen molar-refractivity contribution in [3.63, 3.8) is 0 Å². The van der Waals surface area contributed by atoms with Crippen LogP contribution in [-0.4, -0.2) is 12.7 Å². The number of rotatable bonds is 5. The summed E-state index contributed by atoms with van der Waals surface area (Å²) in [6, 6.07) is 3.77. The minimum atomic E-state index is -4.13. The van der Waals surface area contributed by atoms with Crippen molar-refractivity contribution in [2.75, 3.05) is 6.54 Å². The summed E-state index contributed by atoms with van der Waals surface area (Å²) < 4.78 is 48.6. The third kappa shape index (κ3) is 5.23. The summed E-state index contributed by atoms with van der Waals surface area (Å²) in [5.41, 5.74) is 0.671. The van der Waals surface area contributed by atoms with E-state index in [-0.39, 0.29) is 24.0 Å². The third-order valence-corrected chi connectivity index (χ3v) is 2.84.